The van der Waals surface area contributed by atoms with E-state index in [9.17, 15) is 4.79 Å². The molecule has 0 aliphatic rings. The highest BCUT2D eigenvalue weighted by atomic mass is 16.5. The zero-order chi connectivity index (χ0) is 14.4. The van der Waals surface area contributed by atoms with Crippen molar-refractivity contribution in [3.63, 3.8) is 0 Å². The first-order valence-electron chi connectivity index (χ1n) is 6.64. The summed E-state index contributed by atoms with van der Waals surface area (Å²) >= 11 is 0. The zero-order valence-corrected chi connectivity index (χ0v) is 11.5. The molecular formula is C15H19N3O2. The largest absolute Gasteiger partial charge is 0.492 e. The predicted molar refractivity (Wildman–Crippen MR) is 79.1 cm³/mol. The van der Waals surface area contributed by atoms with Crippen LogP contribution in [0.4, 0.5) is 5.69 Å². The number of nitrogens with one attached hydrogen (secondary N) is 1. The Morgan fingerprint density at radius 2 is 2.20 bits per heavy atom. The molecule has 2 aromatic rings. The fourth-order valence-electron chi connectivity index (χ4n) is 1.93. The van der Waals surface area contributed by atoms with Gasteiger partial charge in [0.2, 0.25) is 0 Å². The molecule has 20 heavy (non-hydrogen) atoms. The third-order valence-corrected chi connectivity index (χ3v) is 2.88. The maximum absolute atomic E-state index is 12.2. The fraction of sp³-hybridized carbons (Fsp3) is 0.267. The second-order valence-electron chi connectivity index (χ2n) is 4.30. The molecule has 1 aromatic heterocycles. The van der Waals surface area contributed by atoms with E-state index in [0.29, 0.717) is 30.3 Å². The predicted octanol–water partition coefficient (Wildman–Crippen LogP) is 2.10. The average molecular weight is 273 g/mol. The third-order valence-electron chi connectivity index (χ3n) is 2.88. The quantitative estimate of drug-likeness (QED) is 0.846. The van der Waals surface area contributed by atoms with Crippen molar-refractivity contribution in [3.8, 4) is 5.75 Å². The van der Waals surface area contributed by atoms with Gasteiger partial charge in [0.15, 0.2) is 0 Å². The number of benzene rings is 1. The second-order valence-corrected chi connectivity index (χ2v) is 4.30. The normalized spacial score (nSPS) is 10.3. The van der Waals surface area contributed by atoms with Crippen LogP contribution in [0.5, 0.6) is 5.75 Å². The standard InChI is InChI=1S/C15H19N3O2/c1-2-18-9-4-7-14(18)15(19)17-12-5-3-6-13(11-12)20-10-8-16/h3-7,9,11H,2,8,10,16H2,1H3,(H,17,19). The Balaban J connectivity index is 2.08. The van der Waals surface area contributed by atoms with Crippen LogP contribution in [0.1, 0.15) is 17.4 Å². The summed E-state index contributed by atoms with van der Waals surface area (Å²) in [5, 5.41) is 2.86. The number of anilines is 1. The molecule has 0 bridgehead atoms. The van der Waals surface area contributed by atoms with Crippen molar-refractivity contribution in [3.05, 3.63) is 48.3 Å². The lowest BCUT2D eigenvalue weighted by molar-refractivity contribution is 0.101. The topological polar surface area (TPSA) is 69.3 Å². The van der Waals surface area contributed by atoms with Crippen LogP contribution < -0.4 is 15.8 Å². The molecule has 0 saturated heterocycles. The van der Waals surface area contributed by atoms with Crippen LogP contribution in [-0.4, -0.2) is 23.6 Å². The molecule has 0 aliphatic carbocycles. The third kappa shape index (κ3) is 3.39. The van der Waals surface area contributed by atoms with Crippen molar-refractivity contribution in [2.75, 3.05) is 18.5 Å². The molecule has 0 fully saturated rings. The number of rotatable bonds is 6. The summed E-state index contributed by atoms with van der Waals surface area (Å²) in [6.07, 6.45) is 1.88. The summed E-state index contributed by atoms with van der Waals surface area (Å²) in [7, 11) is 0. The van der Waals surface area contributed by atoms with Gasteiger partial charge in [-0.3, -0.25) is 4.79 Å². The molecule has 3 N–H and O–H groups in total. The number of nitrogens with two attached hydrogens (primary N) is 1. The zero-order valence-electron chi connectivity index (χ0n) is 11.5. The van der Waals surface area contributed by atoms with E-state index in [1.165, 1.54) is 0 Å². The van der Waals surface area contributed by atoms with Crippen molar-refractivity contribution in [2.45, 2.75) is 13.5 Å². The first-order chi connectivity index (χ1) is 9.74. The summed E-state index contributed by atoms with van der Waals surface area (Å²) in [5.74, 6) is 0.562. The number of ether oxygens (including phenoxy) is 1. The number of amides is 1. The molecule has 5 heteroatoms. The van der Waals surface area contributed by atoms with Crippen molar-refractivity contribution < 1.29 is 9.53 Å². The Morgan fingerprint density at radius 3 is 2.95 bits per heavy atom. The summed E-state index contributed by atoms with van der Waals surface area (Å²) in [6, 6.07) is 10.9. The maximum Gasteiger partial charge on any atom is 0.272 e. The van der Waals surface area contributed by atoms with Crippen molar-refractivity contribution >= 4 is 11.6 Å². The first kappa shape index (κ1) is 14.1. The number of nitrogens with zero attached hydrogens (tertiary/aromatic N) is 1. The smallest absolute Gasteiger partial charge is 0.272 e. The van der Waals surface area contributed by atoms with Gasteiger partial charge in [-0.15, -0.1) is 0 Å². The molecule has 0 radical (unpaired) electrons. The maximum atomic E-state index is 12.2. The lowest BCUT2D eigenvalue weighted by atomic mass is 10.3. The minimum atomic E-state index is -0.132. The average Bonchev–Trinajstić information content (AvgIpc) is 2.94. The minimum Gasteiger partial charge on any atom is -0.492 e. The van der Waals surface area contributed by atoms with Crippen LogP contribution in [0, 0.1) is 0 Å². The Bertz CT molecular complexity index is 578. The van der Waals surface area contributed by atoms with Gasteiger partial charge in [-0.1, -0.05) is 6.07 Å². The molecule has 0 atom stereocenters. The molecule has 1 heterocycles. The summed E-state index contributed by atoms with van der Waals surface area (Å²) < 4.78 is 7.32. The monoisotopic (exact) mass is 273 g/mol. The molecular weight excluding hydrogens is 254 g/mol. The SMILES string of the molecule is CCn1cccc1C(=O)Nc1cccc(OCCN)c1. The van der Waals surface area contributed by atoms with E-state index >= 15 is 0 Å². The lowest BCUT2D eigenvalue weighted by Crippen LogP contribution is -2.16. The lowest BCUT2D eigenvalue weighted by Gasteiger charge is -2.10. The number of aryl methyl sites for hydroxylation is 1. The molecule has 0 unspecified atom stereocenters. The van der Waals surface area contributed by atoms with E-state index in [2.05, 4.69) is 5.32 Å². The van der Waals surface area contributed by atoms with E-state index in [1.54, 1.807) is 12.1 Å². The number of carbonyl (C=O) groups excluding carboxylic acids is 1. The van der Waals surface area contributed by atoms with Gasteiger partial charge in [0.1, 0.15) is 18.1 Å². The molecule has 5 nitrogen and oxygen atoms in total. The summed E-state index contributed by atoms with van der Waals surface area (Å²) in [4.78, 5) is 12.2. The van der Waals surface area contributed by atoms with E-state index in [4.69, 9.17) is 10.5 Å². The van der Waals surface area contributed by atoms with Crippen LogP contribution >= 0.6 is 0 Å². The van der Waals surface area contributed by atoms with Crippen molar-refractivity contribution in [1.29, 1.82) is 0 Å². The van der Waals surface area contributed by atoms with Gasteiger partial charge in [0.05, 0.1) is 0 Å². The van der Waals surface area contributed by atoms with E-state index < -0.39 is 0 Å². The molecule has 106 valence electrons. The van der Waals surface area contributed by atoms with Crippen LogP contribution in [0.2, 0.25) is 0 Å². The van der Waals surface area contributed by atoms with Gasteiger partial charge >= 0.3 is 0 Å². The van der Waals surface area contributed by atoms with E-state index in [-0.39, 0.29) is 5.91 Å². The molecule has 2 rings (SSSR count). The van der Waals surface area contributed by atoms with Gasteiger partial charge in [-0.25, -0.2) is 0 Å². The highest BCUT2D eigenvalue weighted by Gasteiger charge is 2.10. The number of hydrogen-bond donors (Lipinski definition) is 2. The number of hydrogen-bond acceptors (Lipinski definition) is 3. The Labute approximate surface area is 118 Å². The second kappa shape index (κ2) is 6.77. The molecule has 0 spiro atoms. The highest BCUT2D eigenvalue weighted by Crippen LogP contribution is 2.18. The Morgan fingerprint density at radius 1 is 1.35 bits per heavy atom. The van der Waals surface area contributed by atoms with Gasteiger partial charge in [-0.2, -0.15) is 0 Å². The number of aromatic nitrogens is 1. The minimum absolute atomic E-state index is 0.132. The van der Waals surface area contributed by atoms with Crippen LogP contribution in [0.25, 0.3) is 0 Å². The van der Waals surface area contributed by atoms with Crippen molar-refractivity contribution in [2.24, 2.45) is 5.73 Å². The Hall–Kier alpha value is -2.27. The molecule has 1 aromatic carbocycles. The van der Waals surface area contributed by atoms with Crippen LogP contribution in [0.3, 0.4) is 0 Å². The van der Waals surface area contributed by atoms with Crippen LogP contribution in [-0.2, 0) is 6.54 Å². The fourth-order valence-corrected chi connectivity index (χ4v) is 1.93. The number of carbonyl (C=O) groups is 1. The van der Waals surface area contributed by atoms with Gasteiger partial charge in [0, 0.05) is 31.0 Å². The summed E-state index contributed by atoms with van der Waals surface area (Å²) in [6.45, 7) is 3.67. The molecule has 1 amide bonds. The van der Waals surface area contributed by atoms with Crippen molar-refractivity contribution in [1.82, 2.24) is 4.57 Å². The molecule has 0 aliphatic heterocycles. The van der Waals surface area contributed by atoms with Gasteiger partial charge in [-0.05, 0) is 31.2 Å². The van der Waals surface area contributed by atoms with Gasteiger partial charge < -0.3 is 20.4 Å². The van der Waals surface area contributed by atoms with Gasteiger partial charge in [0.25, 0.3) is 5.91 Å². The van der Waals surface area contributed by atoms with E-state index in [1.807, 2.05) is 42.0 Å². The molecule has 0 saturated carbocycles. The highest BCUT2D eigenvalue weighted by molar-refractivity contribution is 6.03. The first-order valence-corrected chi connectivity index (χ1v) is 6.64. The van der Waals surface area contributed by atoms with Crippen LogP contribution in [0.15, 0.2) is 42.6 Å². The summed E-state index contributed by atoms with van der Waals surface area (Å²) in [5.41, 5.74) is 6.74. The van der Waals surface area contributed by atoms with E-state index in [0.717, 1.165) is 6.54 Å². The Kier molecular flexibility index (Phi) is 4.79.